The van der Waals surface area contributed by atoms with Gasteiger partial charge in [-0.05, 0) is 37.1 Å². The minimum atomic E-state index is -3.42. The normalized spacial score (nSPS) is 11.8. The third kappa shape index (κ3) is 6.33. The van der Waals surface area contributed by atoms with Crippen molar-refractivity contribution in [2.45, 2.75) is 26.7 Å². The van der Waals surface area contributed by atoms with Crippen LogP contribution in [0, 0.1) is 0 Å². The largest absolute Gasteiger partial charge is 0.492 e. The molecule has 1 aromatic carbocycles. The SMILES string of the molecule is CCCN(CCC)S(=O)(=O)NCCOc1ccc(N)cc1. The second kappa shape index (κ2) is 8.86. The maximum atomic E-state index is 12.1. The first kappa shape index (κ1) is 17.7. The Morgan fingerprint density at radius 1 is 1.14 bits per heavy atom. The molecule has 0 unspecified atom stereocenters. The van der Waals surface area contributed by atoms with Gasteiger partial charge in [-0.15, -0.1) is 0 Å². The Morgan fingerprint density at radius 3 is 2.24 bits per heavy atom. The van der Waals surface area contributed by atoms with Crippen LogP contribution in [0.2, 0.25) is 0 Å². The van der Waals surface area contributed by atoms with E-state index in [1.54, 1.807) is 24.3 Å². The Labute approximate surface area is 127 Å². The molecule has 0 amide bonds. The summed E-state index contributed by atoms with van der Waals surface area (Å²) >= 11 is 0. The van der Waals surface area contributed by atoms with Crippen LogP contribution in [0.1, 0.15) is 26.7 Å². The van der Waals surface area contributed by atoms with Crippen LogP contribution in [0.25, 0.3) is 0 Å². The Hall–Kier alpha value is -1.31. The molecule has 0 heterocycles. The molecule has 0 atom stereocenters. The minimum Gasteiger partial charge on any atom is -0.492 e. The minimum absolute atomic E-state index is 0.233. The van der Waals surface area contributed by atoms with Crippen LogP contribution >= 0.6 is 0 Å². The fraction of sp³-hybridized carbons (Fsp3) is 0.571. The van der Waals surface area contributed by atoms with E-state index in [0.29, 0.717) is 24.5 Å². The molecule has 0 spiro atoms. The van der Waals surface area contributed by atoms with E-state index < -0.39 is 10.2 Å². The van der Waals surface area contributed by atoms with E-state index in [1.165, 1.54) is 4.31 Å². The van der Waals surface area contributed by atoms with Gasteiger partial charge in [0, 0.05) is 25.3 Å². The Balaban J connectivity index is 2.40. The van der Waals surface area contributed by atoms with Gasteiger partial charge in [-0.3, -0.25) is 0 Å². The molecule has 0 aliphatic heterocycles. The van der Waals surface area contributed by atoms with Crippen LogP contribution in [0.3, 0.4) is 0 Å². The topological polar surface area (TPSA) is 84.7 Å². The molecule has 0 radical (unpaired) electrons. The van der Waals surface area contributed by atoms with Crippen LogP contribution in [-0.2, 0) is 10.2 Å². The second-order valence-electron chi connectivity index (χ2n) is 4.72. The Morgan fingerprint density at radius 2 is 1.71 bits per heavy atom. The van der Waals surface area contributed by atoms with Gasteiger partial charge >= 0.3 is 0 Å². The summed E-state index contributed by atoms with van der Waals surface area (Å²) in [7, 11) is -3.42. The summed E-state index contributed by atoms with van der Waals surface area (Å²) in [6, 6.07) is 6.99. The number of nitrogens with one attached hydrogen (secondary N) is 1. The van der Waals surface area contributed by atoms with Gasteiger partial charge in [-0.25, -0.2) is 0 Å². The van der Waals surface area contributed by atoms with Crippen molar-refractivity contribution in [3.8, 4) is 5.75 Å². The quantitative estimate of drug-likeness (QED) is 0.507. The molecule has 0 saturated heterocycles. The molecular formula is C14H25N3O3S. The number of nitrogens with two attached hydrogens (primary N) is 1. The first-order valence-electron chi connectivity index (χ1n) is 7.22. The zero-order chi connectivity index (χ0) is 15.7. The van der Waals surface area contributed by atoms with Crippen molar-refractivity contribution in [1.82, 2.24) is 9.03 Å². The van der Waals surface area contributed by atoms with Crippen molar-refractivity contribution in [3.05, 3.63) is 24.3 Å². The molecule has 0 aliphatic rings. The number of rotatable bonds is 10. The molecule has 0 bridgehead atoms. The van der Waals surface area contributed by atoms with E-state index in [0.717, 1.165) is 12.8 Å². The Kier molecular flexibility index (Phi) is 7.49. The van der Waals surface area contributed by atoms with Gasteiger partial charge in [0.1, 0.15) is 12.4 Å². The fourth-order valence-corrected chi connectivity index (χ4v) is 3.22. The molecule has 7 heteroatoms. The predicted molar refractivity (Wildman–Crippen MR) is 85.4 cm³/mol. The van der Waals surface area contributed by atoms with E-state index in [2.05, 4.69) is 4.72 Å². The number of ether oxygens (including phenoxy) is 1. The highest BCUT2D eigenvalue weighted by Gasteiger charge is 2.19. The van der Waals surface area contributed by atoms with Crippen LogP contribution < -0.4 is 15.2 Å². The van der Waals surface area contributed by atoms with Crippen molar-refractivity contribution >= 4 is 15.9 Å². The van der Waals surface area contributed by atoms with Crippen LogP contribution in [0.15, 0.2) is 24.3 Å². The average molecular weight is 315 g/mol. The molecule has 120 valence electrons. The molecule has 6 nitrogen and oxygen atoms in total. The molecule has 0 fully saturated rings. The molecule has 3 N–H and O–H groups in total. The van der Waals surface area contributed by atoms with Crippen LogP contribution in [0.5, 0.6) is 5.75 Å². The summed E-state index contributed by atoms with van der Waals surface area (Å²) < 4.78 is 33.7. The monoisotopic (exact) mass is 315 g/mol. The van der Waals surface area contributed by atoms with Gasteiger partial charge < -0.3 is 10.5 Å². The molecule has 1 rings (SSSR count). The number of hydrogen-bond donors (Lipinski definition) is 2. The number of anilines is 1. The van der Waals surface area contributed by atoms with Crippen molar-refractivity contribution in [2.75, 3.05) is 32.0 Å². The standard InChI is InChI=1S/C14H25N3O3S/c1-3-10-17(11-4-2)21(18,19)16-9-12-20-14-7-5-13(15)6-8-14/h5-8,16H,3-4,9-12,15H2,1-2H3. The van der Waals surface area contributed by atoms with Gasteiger partial charge in [-0.1, -0.05) is 13.8 Å². The van der Waals surface area contributed by atoms with Gasteiger partial charge in [-0.2, -0.15) is 17.4 Å². The fourth-order valence-electron chi connectivity index (χ4n) is 1.85. The van der Waals surface area contributed by atoms with Crippen molar-refractivity contribution in [1.29, 1.82) is 0 Å². The number of nitrogens with zero attached hydrogens (tertiary/aromatic N) is 1. The molecule has 21 heavy (non-hydrogen) atoms. The summed E-state index contributed by atoms with van der Waals surface area (Å²) in [5.74, 6) is 0.669. The van der Waals surface area contributed by atoms with E-state index >= 15 is 0 Å². The molecular weight excluding hydrogens is 290 g/mol. The van der Waals surface area contributed by atoms with Crippen LogP contribution in [0.4, 0.5) is 5.69 Å². The predicted octanol–water partition coefficient (Wildman–Crippen LogP) is 1.60. The van der Waals surface area contributed by atoms with E-state index in [4.69, 9.17) is 10.5 Å². The molecule has 0 saturated carbocycles. The lowest BCUT2D eigenvalue weighted by Crippen LogP contribution is -2.42. The summed E-state index contributed by atoms with van der Waals surface area (Å²) in [6.45, 7) is 5.49. The first-order valence-corrected chi connectivity index (χ1v) is 8.66. The van der Waals surface area contributed by atoms with E-state index in [1.807, 2.05) is 13.8 Å². The zero-order valence-corrected chi connectivity index (χ0v) is 13.5. The van der Waals surface area contributed by atoms with Crippen molar-refractivity contribution in [3.63, 3.8) is 0 Å². The molecule has 0 aromatic heterocycles. The van der Waals surface area contributed by atoms with E-state index in [9.17, 15) is 8.42 Å². The lowest BCUT2D eigenvalue weighted by atomic mass is 10.3. The van der Waals surface area contributed by atoms with Crippen LogP contribution in [-0.4, -0.2) is 39.0 Å². The Bertz CT molecular complexity index is 497. The number of hydrogen-bond acceptors (Lipinski definition) is 4. The van der Waals surface area contributed by atoms with Gasteiger partial charge in [0.2, 0.25) is 0 Å². The molecule has 1 aromatic rings. The van der Waals surface area contributed by atoms with E-state index in [-0.39, 0.29) is 13.2 Å². The maximum Gasteiger partial charge on any atom is 0.279 e. The van der Waals surface area contributed by atoms with Gasteiger partial charge in [0.25, 0.3) is 10.2 Å². The average Bonchev–Trinajstić information content (AvgIpc) is 2.45. The summed E-state index contributed by atoms with van der Waals surface area (Å²) in [6.07, 6.45) is 1.59. The highest BCUT2D eigenvalue weighted by atomic mass is 32.2. The summed E-state index contributed by atoms with van der Waals surface area (Å²) in [4.78, 5) is 0. The maximum absolute atomic E-state index is 12.1. The lowest BCUT2D eigenvalue weighted by Gasteiger charge is -2.21. The summed E-state index contributed by atoms with van der Waals surface area (Å²) in [5.41, 5.74) is 6.24. The zero-order valence-electron chi connectivity index (χ0n) is 12.7. The first-order chi connectivity index (χ1) is 9.99. The summed E-state index contributed by atoms with van der Waals surface area (Å²) in [5, 5.41) is 0. The van der Waals surface area contributed by atoms with Crippen molar-refractivity contribution in [2.24, 2.45) is 0 Å². The number of benzene rings is 1. The number of nitrogen functional groups attached to an aromatic ring is 1. The third-order valence-corrected chi connectivity index (χ3v) is 4.44. The smallest absolute Gasteiger partial charge is 0.279 e. The highest BCUT2D eigenvalue weighted by molar-refractivity contribution is 7.87. The second-order valence-corrected chi connectivity index (χ2v) is 6.47. The third-order valence-electron chi connectivity index (χ3n) is 2.82. The lowest BCUT2D eigenvalue weighted by molar-refractivity contribution is 0.319. The van der Waals surface area contributed by atoms with Crippen molar-refractivity contribution < 1.29 is 13.2 Å². The molecule has 0 aliphatic carbocycles. The highest BCUT2D eigenvalue weighted by Crippen LogP contribution is 2.12. The van der Waals surface area contributed by atoms with Gasteiger partial charge in [0.15, 0.2) is 0 Å². The van der Waals surface area contributed by atoms with Gasteiger partial charge in [0.05, 0.1) is 0 Å².